The first-order chi connectivity index (χ1) is 19.0. The molecule has 3 aromatic rings. The smallest absolute Gasteiger partial charge is 0.251 e. The molecular weight excluding hydrogens is 536 g/mol. The van der Waals surface area contributed by atoms with E-state index in [0.29, 0.717) is 6.54 Å². The number of aryl methyl sites for hydroxylation is 1. The van der Waals surface area contributed by atoms with Gasteiger partial charge in [-0.2, -0.15) is 4.31 Å². The fraction of sp³-hybridized carbons (Fsp3) is 0.300. The van der Waals surface area contributed by atoms with Crippen molar-refractivity contribution in [2.45, 2.75) is 43.4 Å². The van der Waals surface area contributed by atoms with E-state index < -0.39 is 39.7 Å². The molecule has 0 saturated heterocycles. The summed E-state index contributed by atoms with van der Waals surface area (Å²) < 4.78 is 54.1. The molecule has 0 spiro atoms. The number of hydrogen-bond acceptors (Lipinski definition) is 5. The average Bonchev–Trinajstić information content (AvgIpc) is 2.92. The number of rotatable bonds is 14. The second-order valence-corrected chi connectivity index (χ2v) is 11.6. The highest BCUT2D eigenvalue weighted by molar-refractivity contribution is 7.89. The van der Waals surface area contributed by atoms with Crippen molar-refractivity contribution in [1.82, 2.24) is 14.9 Å². The van der Waals surface area contributed by atoms with Gasteiger partial charge in [0.25, 0.3) is 5.91 Å². The number of nitrogens with one attached hydrogen (secondary N) is 2. The molecule has 40 heavy (non-hydrogen) atoms. The highest BCUT2D eigenvalue weighted by Crippen LogP contribution is 2.17. The minimum absolute atomic E-state index is 0.0107. The third kappa shape index (κ3) is 8.53. The lowest BCUT2D eigenvalue weighted by Crippen LogP contribution is -2.48. The highest BCUT2D eigenvalue weighted by atomic mass is 32.2. The summed E-state index contributed by atoms with van der Waals surface area (Å²) in [7, 11) is -2.33. The number of benzene rings is 3. The number of sulfonamides is 1. The molecule has 10 heteroatoms. The maximum atomic E-state index is 13.8. The normalized spacial score (nSPS) is 13.2. The van der Waals surface area contributed by atoms with Gasteiger partial charge in [0.2, 0.25) is 10.0 Å². The summed E-state index contributed by atoms with van der Waals surface area (Å²) in [4.78, 5) is 13.1. The van der Waals surface area contributed by atoms with Crippen LogP contribution in [-0.4, -0.2) is 56.0 Å². The van der Waals surface area contributed by atoms with Gasteiger partial charge in [-0.15, -0.1) is 6.58 Å². The van der Waals surface area contributed by atoms with E-state index >= 15 is 0 Å². The molecule has 0 aliphatic carbocycles. The first kappa shape index (κ1) is 31.1. The molecule has 214 valence electrons. The number of carbonyl (C=O) groups excluding carboxylic acids is 1. The van der Waals surface area contributed by atoms with E-state index in [9.17, 15) is 27.1 Å². The lowest BCUT2D eigenvalue weighted by Gasteiger charge is -2.25. The largest absolute Gasteiger partial charge is 0.390 e. The molecule has 0 bridgehead atoms. The number of likely N-dealkylation sites (N-methyl/N-ethyl adjacent to an activating group) is 1. The number of hydrogen-bond donors (Lipinski definition) is 3. The summed E-state index contributed by atoms with van der Waals surface area (Å²) in [5.41, 5.74) is 2.65. The van der Waals surface area contributed by atoms with Gasteiger partial charge in [-0.3, -0.25) is 4.79 Å². The van der Waals surface area contributed by atoms with Crippen molar-refractivity contribution in [3.8, 4) is 0 Å². The molecule has 0 fully saturated rings. The first-order valence-electron chi connectivity index (χ1n) is 12.9. The molecule has 0 saturated carbocycles. The second-order valence-electron chi connectivity index (χ2n) is 9.53. The van der Waals surface area contributed by atoms with Gasteiger partial charge in [-0.25, -0.2) is 17.2 Å². The molecule has 0 aromatic heterocycles. The van der Waals surface area contributed by atoms with Crippen LogP contribution in [-0.2, 0) is 29.4 Å². The molecule has 2 unspecified atom stereocenters. The van der Waals surface area contributed by atoms with Crippen LogP contribution in [0.15, 0.2) is 84.3 Å². The van der Waals surface area contributed by atoms with Crippen molar-refractivity contribution < 1.29 is 27.1 Å². The Morgan fingerprint density at radius 2 is 1.68 bits per heavy atom. The Kier molecular flexibility index (Phi) is 11.1. The summed E-state index contributed by atoms with van der Waals surface area (Å²) in [6.07, 6.45) is 1.23. The SMILES string of the molecule is C=CCN(C)S(=O)(=O)c1ccc(C(=O)NC(Cc2cc(F)cc(F)c2)C(O)CNCc2cccc(CC)c2)cc1. The minimum atomic E-state index is -3.76. The van der Waals surface area contributed by atoms with Gasteiger partial charge in [-0.1, -0.05) is 37.3 Å². The van der Waals surface area contributed by atoms with Crippen LogP contribution in [0.25, 0.3) is 0 Å². The molecule has 3 rings (SSSR count). The third-order valence-electron chi connectivity index (χ3n) is 6.45. The molecule has 0 aliphatic rings. The average molecular weight is 572 g/mol. The number of aliphatic hydroxyl groups excluding tert-OH is 1. The van der Waals surface area contributed by atoms with Gasteiger partial charge >= 0.3 is 0 Å². The standard InChI is InChI=1S/C30H35F2N3O4S/c1-4-13-35(3)40(38,39)27-11-9-24(10-12-27)30(37)34-28(17-23-15-25(31)18-26(32)16-23)29(36)20-33-19-22-8-6-7-21(5-2)14-22/h4,6-12,14-16,18,28-29,33,36H,1,5,13,17,19-20H2,2-3H3,(H,34,37). The maximum Gasteiger partial charge on any atom is 0.251 e. The molecule has 2 atom stereocenters. The van der Waals surface area contributed by atoms with Crippen LogP contribution in [0.2, 0.25) is 0 Å². The van der Waals surface area contributed by atoms with Crippen LogP contribution in [0.4, 0.5) is 8.78 Å². The fourth-order valence-electron chi connectivity index (χ4n) is 4.22. The van der Waals surface area contributed by atoms with E-state index in [0.717, 1.165) is 34.5 Å². The predicted octanol–water partition coefficient (Wildman–Crippen LogP) is 3.83. The molecule has 3 aromatic carbocycles. The van der Waals surface area contributed by atoms with Gasteiger partial charge in [0.15, 0.2) is 0 Å². The Labute approximate surface area is 234 Å². The van der Waals surface area contributed by atoms with Crippen LogP contribution in [0, 0.1) is 11.6 Å². The Bertz CT molecular complexity index is 1390. The zero-order valence-corrected chi connectivity index (χ0v) is 23.4. The molecule has 3 N–H and O–H groups in total. The number of halogens is 2. The van der Waals surface area contributed by atoms with Crippen LogP contribution >= 0.6 is 0 Å². The first-order valence-corrected chi connectivity index (χ1v) is 14.4. The van der Waals surface area contributed by atoms with E-state index in [1.54, 1.807) is 0 Å². The zero-order valence-electron chi connectivity index (χ0n) is 22.6. The molecule has 0 radical (unpaired) electrons. The van der Waals surface area contributed by atoms with Gasteiger partial charge in [0.05, 0.1) is 17.0 Å². The summed E-state index contributed by atoms with van der Waals surface area (Å²) >= 11 is 0. The lowest BCUT2D eigenvalue weighted by molar-refractivity contribution is 0.0829. The topological polar surface area (TPSA) is 98.7 Å². The summed E-state index contributed by atoms with van der Waals surface area (Å²) in [5.74, 6) is -2.09. The zero-order chi connectivity index (χ0) is 29.3. The Morgan fingerprint density at radius 1 is 1.02 bits per heavy atom. The number of carbonyl (C=O) groups is 1. The van der Waals surface area contributed by atoms with Gasteiger partial charge < -0.3 is 15.7 Å². The fourth-order valence-corrected chi connectivity index (χ4v) is 5.36. The van der Waals surface area contributed by atoms with Crippen molar-refractivity contribution >= 4 is 15.9 Å². The van der Waals surface area contributed by atoms with E-state index in [2.05, 4.69) is 30.2 Å². The highest BCUT2D eigenvalue weighted by Gasteiger charge is 2.24. The van der Waals surface area contributed by atoms with Crippen molar-refractivity contribution in [1.29, 1.82) is 0 Å². The van der Waals surface area contributed by atoms with Crippen LogP contribution in [0.3, 0.4) is 0 Å². The van der Waals surface area contributed by atoms with Crippen LogP contribution in [0.5, 0.6) is 0 Å². The molecular formula is C30H35F2N3O4S. The van der Waals surface area contributed by atoms with Crippen molar-refractivity contribution in [2.24, 2.45) is 0 Å². The van der Waals surface area contributed by atoms with Crippen molar-refractivity contribution in [2.75, 3.05) is 20.1 Å². The lowest BCUT2D eigenvalue weighted by atomic mass is 10.00. The molecule has 0 heterocycles. The quantitative estimate of drug-likeness (QED) is 0.256. The molecule has 7 nitrogen and oxygen atoms in total. The summed E-state index contributed by atoms with van der Waals surface area (Å²) in [5, 5.41) is 16.9. The number of aliphatic hydroxyl groups is 1. The predicted molar refractivity (Wildman–Crippen MR) is 151 cm³/mol. The molecule has 1 amide bonds. The third-order valence-corrected chi connectivity index (χ3v) is 8.29. The number of amides is 1. The monoisotopic (exact) mass is 571 g/mol. The Balaban J connectivity index is 1.74. The van der Waals surface area contributed by atoms with E-state index in [1.807, 2.05) is 18.2 Å². The van der Waals surface area contributed by atoms with E-state index in [1.165, 1.54) is 43.0 Å². The minimum Gasteiger partial charge on any atom is -0.390 e. The van der Waals surface area contributed by atoms with Gasteiger partial charge in [-0.05, 0) is 65.9 Å². The maximum absolute atomic E-state index is 13.8. The number of nitrogens with zero attached hydrogens (tertiary/aromatic N) is 1. The van der Waals surface area contributed by atoms with E-state index in [-0.39, 0.29) is 35.5 Å². The molecule has 0 aliphatic heterocycles. The second kappa shape index (κ2) is 14.3. The van der Waals surface area contributed by atoms with Crippen molar-refractivity contribution in [3.05, 3.63) is 113 Å². The van der Waals surface area contributed by atoms with E-state index in [4.69, 9.17) is 0 Å². The Morgan fingerprint density at radius 3 is 2.30 bits per heavy atom. The van der Waals surface area contributed by atoms with Gasteiger partial charge in [0, 0.05) is 38.3 Å². The summed E-state index contributed by atoms with van der Waals surface area (Å²) in [6, 6.07) is 15.6. The van der Waals surface area contributed by atoms with Crippen LogP contribution in [0.1, 0.15) is 34.0 Å². The van der Waals surface area contributed by atoms with Crippen molar-refractivity contribution in [3.63, 3.8) is 0 Å². The van der Waals surface area contributed by atoms with Crippen LogP contribution < -0.4 is 10.6 Å². The van der Waals surface area contributed by atoms with Gasteiger partial charge in [0.1, 0.15) is 11.6 Å². The summed E-state index contributed by atoms with van der Waals surface area (Å²) in [6.45, 7) is 6.32. The Hall–Kier alpha value is -3.44.